The maximum atomic E-state index is 13.8. The minimum absolute atomic E-state index is 0.120. The van der Waals surface area contributed by atoms with Gasteiger partial charge in [-0.05, 0) is 223 Å². The lowest BCUT2D eigenvalue weighted by molar-refractivity contribution is -0.0691. The normalized spacial score (nSPS) is 20.1. The maximum Gasteiger partial charge on any atom is 0.496 e. The molecule has 7 fully saturated rings. The van der Waals surface area contributed by atoms with Crippen molar-refractivity contribution < 1.29 is 42.7 Å². The van der Waals surface area contributed by atoms with Crippen LogP contribution in [0.4, 0.5) is 57.4 Å². The van der Waals surface area contributed by atoms with Crippen LogP contribution in [-0.2, 0) is 90.0 Å². The topological polar surface area (TPSA) is 338 Å². The van der Waals surface area contributed by atoms with Crippen molar-refractivity contribution in [3.8, 4) is 22.3 Å². The van der Waals surface area contributed by atoms with Crippen molar-refractivity contribution in [3.63, 3.8) is 0 Å². The maximum absolute atomic E-state index is 13.8. The number of amides is 1. The first-order chi connectivity index (χ1) is 68.1. The quantitative estimate of drug-likeness (QED) is 0.0332. The molecule has 740 valence electrons. The summed E-state index contributed by atoms with van der Waals surface area (Å²) in [6.45, 7) is 33.1. The Bertz CT molecular complexity index is 6540. The number of nitrogens with one attached hydrogen (secondary N) is 4. The van der Waals surface area contributed by atoms with Crippen LogP contribution in [0.15, 0.2) is 160 Å². The van der Waals surface area contributed by atoms with Crippen molar-refractivity contribution in [2.75, 3.05) is 147 Å². The molecule has 11 aromatic heterocycles. The Hall–Kier alpha value is -11.6. The Morgan fingerprint density at radius 1 is 0.468 bits per heavy atom. The molecule has 0 saturated carbocycles. The Labute approximate surface area is 838 Å². The van der Waals surface area contributed by atoms with Gasteiger partial charge >= 0.3 is 7.12 Å². The molecule has 34 nitrogen and oxygen atoms in total. The number of aromatic nitrogens is 11. The van der Waals surface area contributed by atoms with Gasteiger partial charge in [0.1, 0.15) is 56.3 Å². The van der Waals surface area contributed by atoms with E-state index < -0.39 is 18.3 Å². The molecule has 2 aliphatic carbocycles. The van der Waals surface area contributed by atoms with E-state index in [-0.39, 0.29) is 38.5 Å². The minimum Gasteiger partial charge on any atom is -0.399 e. The number of halogens is 3. The fourth-order valence-electron chi connectivity index (χ4n) is 20.4. The molecule has 4 N–H and O–H groups in total. The van der Waals surface area contributed by atoms with Gasteiger partial charge in [0.2, 0.25) is 0 Å². The van der Waals surface area contributed by atoms with Gasteiger partial charge in [-0.3, -0.25) is 53.2 Å². The number of hydrogen-bond donors (Lipinski definition) is 4. The van der Waals surface area contributed by atoms with Gasteiger partial charge in [-0.1, -0.05) is 23.2 Å². The number of carbonyl (C=O) groups excluding carboxylic acids is 4. The van der Waals surface area contributed by atoms with E-state index in [2.05, 4.69) is 139 Å². The van der Waals surface area contributed by atoms with Gasteiger partial charge in [-0.15, -0.1) is 0 Å². The molecule has 0 spiro atoms. The van der Waals surface area contributed by atoms with E-state index in [4.69, 9.17) is 46.7 Å². The number of anilines is 10. The molecule has 0 aromatic carbocycles. The largest absolute Gasteiger partial charge is 0.496 e. The van der Waals surface area contributed by atoms with Crippen LogP contribution < -0.4 is 63.0 Å². The second kappa shape index (κ2) is 43.3. The number of aldehydes is 3. The molecule has 11 aliphatic rings. The number of fused-ring (bicyclic) bond motifs is 6. The van der Waals surface area contributed by atoms with Gasteiger partial charge in [0.15, 0.2) is 18.9 Å². The van der Waals surface area contributed by atoms with Crippen molar-refractivity contribution in [1.29, 1.82) is 0 Å². The van der Waals surface area contributed by atoms with Crippen LogP contribution >= 0.6 is 39.1 Å². The molecule has 0 unspecified atom stereocenters. The smallest absolute Gasteiger partial charge is 0.399 e. The third-order valence-corrected chi connectivity index (χ3v) is 30.6. The highest BCUT2D eigenvalue weighted by Gasteiger charge is 2.52. The summed E-state index contributed by atoms with van der Waals surface area (Å²) < 4.78 is 38.3. The predicted molar refractivity (Wildman–Crippen MR) is 552 cm³/mol. The van der Waals surface area contributed by atoms with Crippen LogP contribution in [0.1, 0.15) is 144 Å². The summed E-state index contributed by atoms with van der Waals surface area (Å²) in [4.78, 5) is 130. The van der Waals surface area contributed by atoms with Gasteiger partial charge < -0.3 is 82.3 Å². The van der Waals surface area contributed by atoms with Crippen LogP contribution in [0, 0.1) is 0 Å². The molecule has 38 heteroatoms. The summed E-state index contributed by atoms with van der Waals surface area (Å²) in [5, 5.41) is 13.3. The van der Waals surface area contributed by atoms with Crippen LogP contribution in [0.3, 0.4) is 0 Å². The summed E-state index contributed by atoms with van der Waals surface area (Å²) in [6.07, 6.45) is 27.1. The highest BCUT2D eigenvalue weighted by molar-refractivity contribution is 9.10. The van der Waals surface area contributed by atoms with E-state index in [0.29, 0.717) is 146 Å². The third-order valence-electron chi connectivity index (χ3n) is 29.3. The van der Waals surface area contributed by atoms with E-state index in [9.17, 15) is 33.6 Å². The lowest BCUT2D eigenvalue weighted by Gasteiger charge is -2.46. The second-order valence-corrected chi connectivity index (χ2v) is 40.6. The molecule has 0 radical (unpaired) electrons. The lowest BCUT2D eigenvalue weighted by atomic mass is 9.80. The van der Waals surface area contributed by atoms with Crippen LogP contribution in [-0.4, -0.2) is 258 Å². The average molecular weight is 2020 g/mol. The van der Waals surface area contributed by atoms with Crippen molar-refractivity contribution in [3.05, 3.63) is 237 Å². The molecule has 11 aromatic rings. The fourth-order valence-corrected chi connectivity index (χ4v) is 21.3. The zero-order chi connectivity index (χ0) is 98.7. The SMILES string of the molecule is C[C@H]1CN(C2COC2)CCN1c1ccc(Nc2cc(-c3ccnc(Cl)c3C=O)cn(C)c2=O)nc1.C[C@H]1CN(C2COC2)CCN1c1ccc(Nc2cc(-c3ccnc(N4CCn5c(cc6c5CCCC6)C4=O)c3C=O)cn(C)c2=O)nc1.C[C@H]1CN(C2COC2)CCN1c1ccc(Nc2cc(B3OC(C)(C)C(C)(C)O3)cn(C)c2=O)nc1.O=Cc1c(Br)ccnc1Cl.c1c2c(n3c1CNCC3)CCCC2. The number of pyridine rings is 9. The standard InChI is InChI=1S/C36H40N8O4.C25H36BN5O4.C25H27ClN6O3.C11H16N2.C6H3BrClNO/c1-23-18-41(27-21-48-22-27)11-12-42(23)26-7-8-33(38-17-26)39-30-15-25(19-40(2)35(30)46)28-9-10-37-34(29(28)20-45)44-14-13-43-31-6-4-3-5-24(31)16-32(43)36(44)47;1-17-13-30(20-15-33-16-20)9-10-31(17)19-7-8-22(27-12-19)28-21-11-18(14-29(6)23(21)32)26-34-24(2,3)25(4,5)35-26;1-16-11-31(19-14-35-15-19)7-8-32(16)18-3-4-23(28-10-18)29-22-9-17(12-30(2)25(22)34)20-5-6-27-24(26)21(20)13-33;1-2-4-11-9(3-1)7-10-8-12-5-6-13(10)11;7-5-1-2-9-6(8)4(5)3-10/h7-10,15-17,19-20,23,27H,3-6,11-14,18,21-22H2,1-2H3,(H,38,39);7-8,11-12,14,17,20H,9-10,13,15-16H2,1-6H3,(H,27,28);3-6,9-10,12-13,16,19H,7-8,11,14-15H2,1-2H3,(H,28,29);7,12H,1-6,8H2;1-3H/t23-;17-;16-;;/m000../s1. The van der Waals surface area contributed by atoms with E-state index >= 15 is 0 Å². The summed E-state index contributed by atoms with van der Waals surface area (Å²) in [5.41, 5.74) is 15.0. The van der Waals surface area contributed by atoms with Gasteiger partial charge in [0, 0.05) is 206 Å². The number of hydrogen-bond acceptors (Lipinski definition) is 28. The van der Waals surface area contributed by atoms with Crippen molar-refractivity contribution >= 4 is 134 Å². The Balaban J connectivity index is 0.000000126. The zero-order valence-corrected chi connectivity index (χ0v) is 84.5. The Kier molecular flexibility index (Phi) is 30.5. The summed E-state index contributed by atoms with van der Waals surface area (Å²) in [7, 11) is 4.52. The molecule has 0 bridgehead atoms. The fraction of sp³-hybridized carbons (Fsp3) is 0.447. The lowest BCUT2D eigenvalue weighted by Crippen LogP contribution is -2.59. The van der Waals surface area contributed by atoms with Crippen LogP contribution in [0.2, 0.25) is 10.3 Å². The number of piperazine rings is 3. The summed E-state index contributed by atoms with van der Waals surface area (Å²) in [5.74, 6) is 1.90. The number of aryl methyl sites for hydroxylation is 5. The molecule has 3 atom stereocenters. The van der Waals surface area contributed by atoms with Crippen LogP contribution in [0.25, 0.3) is 22.3 Å². The predicted octanol–water partition coefficient (Wildman–Crippen LogP) is 12.1. The molecule has 141 heavy (non-hydrogen) atoms. The minimum atomic E-state index is -0.547. The molecule has 20 heterocycles. The second-order valence-electron chi connectivity index (χ2n) is 39.0. The van der Waals surface area contributed by atoms with Crippen molar-refractivity contribution in [2.24, 2.45) is 21.1 Å². The first-order valence-electron chi connectivity index (χ1n) is 48.7. The van der Waals surface area contributed by atoms with E-state index in [1.165, 1.54) is 70.7 Å². The number of carbonyl (C=O) groups is 4. The number of nitrogens with zero attached hydrogens (tertiary/aromatic N) is 18. The summed E-state index contributed by atoms with van der Waals surface area (Å²) in [6, 6.07) is 29.3. The third kappa shape index (κ3) is 21.6. The zero-order valence-electron chi connectivity index (χ0n) is 81.4. The highest BCUT2D eigenvalue weighted by Crippen LogP contribution is 2.40. The monoisotopic (exact) mass is 2020 g/mol. The van der Waals surface area contributed by atoms with Crippen molar-refractivity contribution in [1.82, 2.24) is 72.8 Å². The van der Waals surface area contributed by atoms with Gasteiger partial charge in [-0.2, -0.15) is 0 Å². The first kappa shape index (κ1) is 99.5. The molecule has 22 rings (SSSR count). The number of rotatable bonds is 19. The first-order valence-corrected chi connectivity index (χ1v) is 50.3. The highest BCUT2D eigenvalue weighted by atomic mass is 79.9. The van der Waals surface area contributed by atoms with Crippen molar-refractivity contribution in [2.45, 2.75) is 167 Å². The van der Waals surface area contributed by atoms with E-state index in [1.54, 1.807) is 103 Å². The van der Waals surface area contributed by atoms with E-state index in [0.717, 1.165) is 166 Å². The average Bonchev–Trinajstić information content (AvgIpc) is 1.62. The van der Waals surface area contributed by atoms with Gasteiger partial charge in [-0.25, -0.2) is 29.9 Å². The molecule has 7 saturated heterocycles. The molecular weight excluding hydrogens is 1900 g/mol. The molecular formula is C103H122BBrCl2N22O12. The summed E-state index contributed by atoms with van der Waals surface area (Å²) >= 11 is 14.8. The Morgan fingerprint density at radius 2 is 0.894 bits per heavy atom. The van der Waals surface area contributed by atoms with Gasteiger partial charge in [0.05, 0.1) is 121 Å². The van der Waals surface area contributed by atoms with Crippen LogP contribution in [0.5, 0.6) is 0 Å². The van der Waals surface area contributed by atoms with Gasteiger partial charge in [0.25, 0.3) is 22.6 Å². The molecule has 9 aliphatic heterocycles. The Morgan fingerprint density at radius 3 is 1.33 bits per heavy atom. The van der Waals surface area contributed by atoms with E-state index in [1.807, 2.05) is 82.7 Å². The number of ether oxygens (including phenoxy) is 3. The molecule has 1 amide bonds.